The topological polar surface area (TPSA) is 55.1 Å². The summed E-state index contributed by atoms with van der Waals surface area (Å²) in [6.45, 7) is 0. The van der Waals surface area contributed by atoms with E-state index in [2.05, 4.69) is 31.9 Å². The number of rotatable bonds is 4. The highest BCUT2D eigenvalue weighted by Gasteiger charge is 2.26. The van der Waals surface area contributed by atoms with E-state index in [0.717, 1.165) is 25.8 Å². The number of nitrogens with zero attached hydrogens (tertiary/aromatic N) is 2. The van der Waals surface area contributed by atoms with Gasteiger partial charge >= 0.3 is 5.97 Å². The molecule has 0 saturated heterocycles. The molecular formula is C22H14Br2N2O2. The average Bonchev–Trinajstić information content (AvgIpc) is 3.10. The third-order valence-corrected chi connectivity index (χ3v) is 5.34. The summed E-state index contributed by atoms with van der Waals surface area (Å²) < 4.78 is 3.50. The van der Waals surface area contributed by atoms with Crippen LogP contribution < -0.4 is 0 Å². The van der Waals surface area contributed by atoms with Gasteiger partial charge < -0.3 is 5.11 Å². The lowest BCUT2D eigenvalue weighted by Gasteiger charge is -2.09. The molecular weight excluding hydrogens is 484 g/mol. The van der Waals surface area contributed by atoms with Gasteiger partial charge in [0.05, 0.1) is 11.4 Å². The summed E-state index contributed by atoms with van der Waals surface area (Å²) in [4.78, 5) is 12.3. The van der Waals surface area contributed by atoms with E-state index in [4.69, 9.17) is 5.10 Å². The standard InChI is InChI=1S/C22H14Br2N2O2/c23-16-11-9-14(10-12-16)20-19(22(27)28)21(15-5-2-1-3-6-15)26(25-20)18-8-4-7-17(24)13-18/h1-13H,(H,27,28). The number of benzene rings is 3. The third kappa shape index (κ3) is 3.53. The molecule has 0 spiro atoms. The zero-order valence-electron chi connectivity index (χ0n) is 14.5. The van der Waals surface area contributed by atoms with Gasteiger partial charge in [0.1, 0.15) is 11.3 Å². The van der Waals surface area contributed by atoms with Crippen LogP contribution in [0.25, 0.3) is 28.2 Å². The molecule has 1 N–H and O–H groups in total. The van der Waals surface area contributed by atoms with Gasteiger partial charge in [-0.1, -0.05) is 80.4 Å². The molecule has 0 atom stereocenters. The molecule has 138 valence electrons. The lowest BCUT2D eigenvalue weighted by Crippen LogP contribution is -2.03. The van der Waals surface area contributed by atoms with Crippen molar-refractivity contribution in [3.8, 4) is 28.2 Å². The lowest BCUT2D eigenvalue weighted by atomic mass is 10.0. The number of carboxylic acid groups (broad SMARTS) is 1. The van der Waals surface area contributed by atoms with Crippen molar-refractivity contribution in [1.29, 1.82) is 0 Å². The molecule has 0 aliphatic rings. The molecule has 0 fully saturated rings. The summed E-state index contributed by atoms with van der Waals surface area (Å²) in [5.41, 5.74) is 3.46. The van der Waals surface area contributed by atoms with Gasteiger partial charge in [-0.25, -0.2) is 9.48 Å². The number of aromatic carboxylic acids is 1. The van der Waals surface area contributed by atoms with Crippen molar-refractivity contribution in [2.45, 2.75) is 0 Å². The van der Waals surface area contributed by atoms with Crippen LogP contribution >= 0.6 is 31.9 Å². The molecule has 0 radical (unpaired) electrons. The number of hydrogen-bond acceptors (Lipinski definition) is 2. The summed E-state index contributed by atoms with van der Waals surface area (Å²) in [5.74, 6) is -1.02. The molecule has 4 nitrogen and oxygen atoms in total. The Labute approximate surface area is 178 Å². The van der Waals surface area contributed by atoms with Crippen LogP contribution in [0.4, 0.5) is 0 Å². The smallest absolute Gasteiger partial charge is 0.340 e. The van der Waals surface area contributed by atoms with Gasteiger partial charge in [0.2, 0.25) is 0 Å². The predicted molar refractivity (Wildman–Crippen MR) is 117 cm³/mol. The van der Waals surface area contributed by atoms with Gasteiger partial charge in [0, 0.05) is 20.1 Å². The van der Waals surface area contributed by atoms with Gasteiger partial charge in [-0.2, -0.15) is 5.10 Å². The van der Waals surface area contributed by atoms with Crippen molar-refractivity contribution in [3.05, 3.63) is 93.4 Å². The Morgan fingerprint density at radius 1 is 0.821 bits per heavy atom. The Bertz CT molecular complexity index is 1150. The van der Waals surface area contributed by atoms with Gasteiger partial charge in [0.15, 0.2) is 0 Å². The Balaban J connectivity index is 2.06. The molecule has 1 heterocycles. The second-order valence-electron chi connectivity index (χ2n) is 6.14. The summed E-state index contributed by atoms with van der Waals surface area (Å²) in [5, 5.41) is 14.8. The quantitative estimate of drug-likeness (QED) is 0.353. The summed E-state index contributed by atoms with van der Waals surface area (Å²) >= 11 is 6.90. The van der Waals surface area contributed by atoms with Crippen molar-refractivity contribution >= 4 is 37.8 Å². The van der Waals surface area contributed by atoms with E-state index < -0.39 is 5.97 Å². The van der Waals surface area contributed by atoms with Crippen LogP contribution in [-0.4, -0.2) is 20.9 Å². The molecule has 4 rings (SSSR count). The lowest BCUT2D eigenvalue weighted by molar-refractivity contribution is 0.0698. The van der Waals surface area contributed by atoms with E-state index in [9.17, 15) is 9.90 Å². The van der Waals surface area contributed by atoms with Crippen LogP contribution in [0.1, 0.15) is 10.4 Å². The Kier molecular flexibility index (Phi) is 5.15. The highest BCUT2D eigenvalue weighted by Crippen LogP contribution is 2.35. The minimum atomic E-state index is -1.02. The average molecular weight is 498 g/mol. The normalized spacial score (nSPS) is 10.8. The van der Waals surface area contributed by atoms with Gasteiger partial charge in [-0.05, 0) is 30.3 Å². The first-order chi connectivity index (χ1) is 13.5. The van der Waals surface area contributed by atoms with Crippen molar-refractivity contribution in [3.63, 3.8) is 0 Å². The SMILES string of the molecule is O=C(O)c1c(-c2ccc(Br)cc2)nn(-c2cccc(Br)c2)c1-c1ccccc1. The molecule has 0 unspecified atom stereocenters. The van der Waals surface area contributed by atoms with E-state index in [1.54, 1.807) is 4.68 Å². The largest absolute Gasteiger partial charge is 0.478 e. The number of carboxylic acids is 1. The number of carbonyl (C=O) groups is 1. The number of halogens is 2. The first-order valence-electron chi connectivity index (χ1n) is 8.48. The molecule has 4 aromatic rings. The highest BCUT2D eigenvalue weighted by atomic mass is 79.9. The molecule has 0 aliphatic heterocycles. The Hall–Kier alpha value is -2.70. The van der Waals surface area contributed by atoms with Crippen LogP contribution in [0.15, 0.2) is 87.8 Å². The first-order valence-corrected chi connectivity index (χ1v) is 10.1. The second kappa shape index (κ2) is 7.73. The fourth-order valence-electron chi connectivity index (χ4n) is 3.09. The van der Waals surface area contributed by atoms with E-state index in [0.29, 0.717) is 11.4 Å². The van der Waals surface area contributed by atoms with Crippen molar-refractivity contribution in [2.24, 2.45) is 0 Å². The van der Waals surface area contributed by atoms with Gasteiger partial charge in [-0.15, -0.1) is 0 Å². The van der Waals surface area contributed by atoms with Crippen LogP contribution in [0.2, 0.25) is 0 Å². The van der Waals surface area contributed by atoms with Crippen LogP contribution in [0.5, 0.6) is 0 Å². The van der Waals surface area contributed by atoms with Crippen molar-refractivity contribution in [1.82, 2.24) is 9.78 Å². The fourth-order valence-corrected chi connectivity index (χ4v) is 3.74. The van der Waals surface area contributed by atoms with Crippen LogP contribution in [0.3, 0.4) is 0 Å². The minimum absolute atomic E-state index is 0.175. The maximum atomic E-state index is 12.3. The summed E-state index contributed by atoms with van der Waals surface area (Å²) in [6.07, 6.45) is 0. The van der Waals surface area contributed by atoms with Gasteiger partial charge in [-0.3, -0.25) is 0 Å². The number of hydrogen-bond donors (Lipinski definition) is 1. The third-order valence-electron chi connectivity index (χ3n) is 4.32. The highest BCUT2D eigenvalue weighted by molar-refractivity contribution is 9.10. The second-order valence-corrected chi connectivity index (χ2v) is 7.97. The molecule has 0 bridgehead atoms. The van der Waals surface area contributed by atoms with Crippen molar-refractivity contribution in [2.75, 3.05) is 0 Å². The fraction of sp³-hybridized carbons (Fsp3) is 0. The molecule has 0 amide bonds. The van der Waals surface area contributed by atoms with E-state index in [1.807, 2.05) is 78.9 Å². The molecule has 28 heavy (non-hydrogen) atoms. The zero-order valence-corrected chi connectivity index (χ0v) is 17.7. The molecule has 3 aromatic carbocycles. The maximum Gasteiger partial charge on any atom is 0.340 e. The Morgan fingerprint density at radius 2 is 1.54 bits per heavy atom. The monoisotopic (exact) mass is 496 g/mol. The first kappa shape index (κ1) is 18.7. The number of aromatic nitrogens is 2. The molecule has 0 aliphatic carbocycles. The zero-order chi connectivity index (χ0) is 19.7. The van der Waals surface area contributed by atoms with E-state index in [1.165, 1.54) is 0 Å². The molecule has 1 aromatic heterocycles. The van der Waals surface area contributed by atoms with Crippen molar-refractivity contribution < 1.29 is 9.90 Å². The van der Waals surface area contributed by atoms with E-state index >= 15 is 0 Å². The van der Waals surface area contributed by atoms with Crippen LogP contribution in [-0.2, 0) is 0 Å². The molecule has 0 saturated carbocycles. The predicted octanol–water partition coefficient (Wildman–Crippen LogP) is 6.43. The maximum absolute atomic E-state index is 12.3. The van der Waals surface area contributed by atoms with E-state index in [-0.39, 0.29) is 5.56 Å². The van der Waals surface area contributed by atoms with Gasteiger partial charge in [0.25, 0.3) is 0 Å². The summed E-state index contributed by atoms with van der Waals surface area (Å²) in [7, 11) is 0. The summed E-state index contributed by atoms with van der Waals surface area (Å²) in [6, 6.07) is 24.6. The van der Waals surface area contributed by atoms with Crippen LogP contribution in [0, 0.1) is 0 Å². The Morgan fingerprint density at radius 3 is 2.18 bits per heavy atom. The minimum Gasteiger partial charge on any atom is -0.478 e. The molecule has 6 heteroatoms.